The lowest BCUT2D eigenvalue weighted by molar-refractivity contribution is 0.0697. The number of aromatic carboxylic acids is 1. The number of halogens is 1. The van der Waals surface area contributed by atoms with Crippen LogP contribution < -0.4 is 0 Å². The molecule has 3 aromatic carbocycles. The molecular formula is C17H11BrO2S. The van der Waals surface area contributed by atoms with E-state index in [9.17, 15) is 4.79 Å². The summed E-state index contributed by atoms with van der Waals surface area (Å²) in [5, 5.41) is 11.3. The maximum absolute atomic E-state index is 10.8. The normalized spacial score (nSPS) is 10.7. The molecule has 104 valence electrons. The molecule has 0 aliphatic heterocycles. The van der Waals surface area contributed by atoms with E-state index in [1.54, 1.807) is 23.9 Å². The average molecular weight is 359 g/mol. The summed E-state index contributed by atoms with van der Waals surface area (Å²) < 4.78 is 1.07. The van der Waals surface area contributed by atoms with Crippen LogP contribution in [-0.4, -0.2) is 11.1 Å². The summed E-state index contributed by atoms with van der Waals surface area (Å²) in [6.07, 6.45) is 0. The van der Waals surface area contributed by atoms with Gasteiger partial charge in [0.15, 0.2) is 0 Å². The van der Waals surface area contributed by atoms with Crippen LogP contribution in [0.25, 0.3) is 10.8 Å². The fraction of sp³-hybridized carbons (Fsp3) is 0. The minimum absolute atomic E-state index is 0.308. The minimum Gasteiger partial charge on any atom is -0.478 e. The zero-order valence-corrected chi connectivity index (χ0v) is 13.3. The van der Waals surface area contributed by atoms with Crippen molar-refractivity contribution in [3.05, 3.63) is 70.7 Å². The van der Waals surface area contributed by atoms with Crippen LogP contribution in [0, 0.1) is 0 Å². The van der Waals surface area contributed by atoms with Gasteiger partial charge in [-0.25, -0.2) is 4.79 Å². The summed E-state index contributed by atoms with van der Waals surface area (Å²) in [7, 11) is 0. The molecule has 4 heteroatoms. The van der Waals surface area contributed by atoms with Crippen molar-refractivity contribution in [1.82, 2.24) is 0 Å². The van der Waals surface area contributed by atoms with Gasteiger partial charge < -0.3 is 5.11 Å². The second-order valence-corrected chi connectivity index (χ2v) is 6.65. The van der Waals surface area contributed by atoms with Crippen LogP contribution in [-0.2, 0) is 0 Å². The van der Waals surface area contributed by atoms with Gasteiger partial charge in [-0.3, -0.25) is 0 Å². The van der Waals surface area contributed by atoms with Crippen molar-refractivity contribution in [2.45, 2.75) is 9.79 Å². The van der Waals surface area contributed by atoms with Gasteiger partial charge in [0.25, 0.3) is 0 Å². The molecule has 0 aromatic heterocycles. The Morgan fingerprint density at radius 3 is 2.19 bits per heavy atom. The van der Waals surface area contributed by atoms with E-state index >= 15 is 0 Å². The second kappa shape index (κ2) is 5.92. The monoisotopic (exact) mass is 358 g/mol. The summed E-state index contributed by atoms with van der Waals surface area (Å²) in [5.74, 6) is -0.900. The Morgan fingerprint density at radius 1 is 0.857 bits per heavy atom. The highest BCUT2D eigenvalue weighted by molar-refractivity contribution is 9.10. The molecule has 0 aliphatic carbocycles. The van der Waals surface area contributed by atoms with Gasteiger partial charge in [-0.2, -0.15) is 0 Å². The first-order valence-electron chi connectivity index (χ1n) is 6.32. The van der Waals surface area contributed by atoms with Gasteiger partial charge in [0.05, 0.1) is 5.56 Å². The molecule has 0 saturated heterocycles. The van der Waals surface area contributed by atoms with E-state index in [-0.39, 0.29) is 0 Å². The molecule has 0 spiro atoms. The number of benzene rings is 3. The predicted octanol–water partition coefficient (Wildman–Crippen LogP) is 5.45. The maximum atomic E-state index is 10.8. The summed E-state index contributed by atoms with van der Waals surface area (Å²) >= 11 is 5.09. The molecule has 3 aromatic rings. The van der Waals surface area contributed by atoms with Crippen LogP contribution in [0.5, 0.6) is 0 Å². The number of hydrogen-bond donors (Lipinski definition) is 1. The van der Waals surface area contributed by atoms with E-state index in [4.69, 9.17) is 5.11 Å². The SMILES string of the molecule is O=C(O)c1ccc(Sc2ccc3cc(Br)ccc3c2)cc1. The molecule has 1 N–H and O–H groups in total. The molecule has 3 rings (SSSR count). The Hall–Kier alpha value is -1.78. The molecule has 0 radical (unpaired) electrons. The average Bonchev–Trinajstić information content (AvgIpc) is 2.48. The summed E-state index contributed by atoms with van der Waals surface area (Å²) in [5.41, 5.74) is 0.308. The highest BCUT2D eigenvalue weighted by atomic mass is 79.9. The van der Waals surface area contributed by atoms with Gasteiger partial charge >= 0.3 is 5.97 Å². The van der Waals surface area contributed by atoms with Crippen molar-refractivity contribution < 1.29 is 9.90 Å². The molecule has 0 fully saturated rings. The van der Waals surface area contributed by atoms with E-state index in [1.165, 1.54) is 10.8 Å². The smallest absolute Gasteiger partial charge is 0.335 e. The Labute approximate surface area is 134 Å². The Kier molecular flexibility index (Phi) is 3.99. The molecule has 21 heavy (non-hydrogen) atoms. The number of carboxylic acids is 1. The maximum Gasteiger partial charge on any atom is 0.335 e. The third kappa shape index (κ3) is 3.28. The van der Waals surface area contributed by atoms with Gasteiger partial charge in [-0.05, 0) is 59.3 Å². The van der Waals surface area contributed by atoms with E-state index < -0.39 is 5.97 Å². The molecule has 2 nitrogen and oxygen atoms in total. The summed E-state index contributed by atoms with van der Waals surface area (Å²) in [6.45, 7) is 0. The quantitative estimate of drug-likeness (QED) is 0.676. The first-order valence-corrected chi connectivity index (χ1v) is 7.93. The van der Waals surface area contributed by atoms with E-state index in [0.717, 1.165) is 14.3 Å². The van der Waals surface area contributed by atoms with Crippen LogP contribution in [0.2, 0.25) is 0 Å². The molecule has 0 saturated carbocycles. The number of carboxylic acid groups (broad SMARTS) is 1. The van der Waals surface area contributed by atoms with Crippen molar-refractivity contribution in [2.24, 2.45) is 0 Å². The molecule has 0 amide bonds. The van der Waals surface area contributed by atoms with Crippen molar-refractivity contribution in [3.8, 4) is 0 Å². The van der Waals surface area contributed by atoms with Crippen LogP contribution in [0.15, 0.2) is 74.9 Å². The van der Waals surface area contributed by atoms with Crippen LogP contribution in [0.3, 0.4) is 0 Å². The van der Waals surface area contributed by atoms with E-state index in [2.05, 4.69) is 46.3 Å². The van der Waals surface area contributed by atoms with E-state index in [0.29, 0.717) is 5.56 Å². The van der Waals surface area contributed by atoms with Gasteiger partial charge in [0, 0.05) is 14.3 Å². The van der Waals surface area contributed by atoms with Gasteiger partial charge in [0.2, 0.25) is 0 Å². The lowest BCUT2D eigenvalue weighted by Gasteiger charge is -2.05. The molecule has 0 unspecified atom stereocenters. The Balaban J connectivity index is 1.87. The largest absolute Gasteiger partial charge is 0.478 e. The first kappa shape index (κ1) is 14.2. The lowest BCUT2D eigenvalue weighted by Crippen LogP contribution is -1.94. The van der Waals surface area contributed by atoms with Gasteiger partial charge in [-0.15, -0.1) is 0 Å². The highest BCUT2D eigenvalue weighted by Gasteiger charge is 2.04. The van der Waals surface area contributed by atoms with Gasteiger partial charge in [0.1, 0.15) is 0 Å². The third-order valence-electron chi connectivity index (χ3n) is 3.11. The topological polar surface area (TPSA) is 37.3 Å². The number of hydrogen-bond acceptors (Lipinski definition) is 2. The minimum atomic E-state index is -0.900. The standard InChI is InChI=1S/C17H11BrO2S/c18-14-5-1-13-10-16(8-4-12(13)9-14)21-15-6-2-11(3-7-15)17(19)20/h1-10H,(H,19,20). The molecular weight excluding hydrogens is 348 g/mol. The molecule has 0 heterocycles. The van der Waals surface area contributed by atoms with Crippen molar-refractivity contribution in [1.29, 1.82) is 0 Å². The molecule has 0 aliphatic rings. The van der Waals surface area contributed by atoms with E-state index in [1.807, 2.05) is 18.2 Å². The molecule has 0 bridgehead atoms. The van der Waals surface area contributed by atoms with Crippen LogP contribution in [0.4, 0.5) is 0 Å². The number of carbonyl (C=O) groups is 1. The van der Waals surface area contributed by atoms with Crippen molar-refractivity contribution >= 4 is 44.4 Å². The van der Waals surface area contributed by atoms with Crippen molar-refractivity contribution in [3.63, 3.8) is 0 Å². The van der Waals surface area contributed by atoms with Crippen LogP contribution in [0.1, 0.15) is 10.4 Å². The zero-order valence-electron chi connectivity index (χ0n) is 10.9. The second-order valence-electron chi connectivity index (χ2n) is 4.58. The predicted molar refractivity (Wildman–Crippen MR) is 89.2 cm³/mol. The van der Waals surface area contributed by atoms with Crippen molar-refractivity contribution in [2.75, 3.05) is 0 Å². The fourth-order valence-corrected chi connectivity index (χ4v) is 3.30. The Bertz CT molecular complexity index is 813. The lowest BCUT2D eigenvalue weighted by atomic mass is 10.1. The van der Waals surface area contributed by atoms with Crippen LogP contribution >= 0.6 is 27.7 Å². The molecule has 0 atom stereocenters. The third-order valence-corrected chi connectivity index (χ3v) is 4.60. The van der Waals surface area contributed by atoms with Gasteiger partial charge in [-0.1, -0.05) is 39.8 Å². The summed E-state index contributed by atoms with van der Waals surface area (Å²) in [6, 6.07) is 19.4. The fourth-order valence-electron chi connectivity index (χ4n) is 2.06. The summed E-state index contributed by atoms with van der Waals surface area (Å²) in [4.78, 5) is 13.0. The first-order chi connectivity index (χ1) is 10.1. The Morgan fingerprint density at radius 2 is 1.48 bits per heavy atom. The highest BCUT2D eigenvalue weighted by Crippen LogP contribution is 2.31. The zero-order chi connectivity index (χ0) is 14.8. The number of fused-ring (bicyclic) bond motifs is 1. The number of rotatable bonds is 3.